The molecule has 4 aliphatic carbocycles. The first kappa shape index (κ1) is 20.9. The van der Waals surface area contributed by atoms with E-state index in [2.05, 4.69) is 40.7 Å². The molecule has 1 unspecified atom stereocenters. The molecule has 166 valence electrons. The average Bonchev–Trinajstić information content (AvgIpc) is 3.11. The zero-order valence-electron chi connectivity index (χ0n) is 19.5. The third kappa shape index (κ3) is 2.80. The van der Waals surface area contributed by atoms with Crippen molar-refractivity contribution in [3.63, 3.8) is 0 Å². The Hall–Kier alpha value is -0.930. The smallest absolute Gasteiger partial charge is 0.178 e. The fraction of sp³-hybridized carbons (Fsp3) is 0.815. The van der Waals surface area contributed by atoms with Gasteiger partial charge in [-0.3, -0.25) is 4.79 Å². The SMILES string of the molecule is CC(C)CCC1(O)O[C@H]2C[C@H]3[C@@H]4CCC5=CC(=O)C=C[C@]5(C)[C@H]4CC[C@]3(C)[C@H]2[C@@H]1C. The van der Waals surface area contributed by atoms with Gasteiger partial charge in [0.05, 0.1) is 6.10 Å². The van der Waals surface area contributed by atoms with Gasteiger partial charge in [0.2, 0.25) is 0 Å². The first-order valence-corrected chi connectivity index (χ1v) is 12.4. The molecule has 30 heavy (non-hydrogen) atoms. The van der Waals surface area contributed by atoms with Gasteiger partial charge in [0.1, 0.15) is 0 Å². The van der Waals surface area contributed by atoms with Gasteiger partial charge in [-0.1, -0.05) is 46.3 Å². The van der Waals surface area contributed by atoms with Gasteiger partial charge in [-0.25, -0.2) is 0 Å². The molecule has 1 saturated heterocycles. The van der Waals surface area contributed by atoms with Crippen LogP contribution in [-0.2, 0) is 9.53 Å². The Morgan fingerprint density at radius 2 is 2.00 bits per heavy atom. The number of hydrogen-bond donors (Lipinski definition) is 1. The summed E-state index contributed by atoms with van der Waals surface area (Å²) >= 11 is 0. The number of allylic oxidation sites excluding steroid dienone is 4. The Kier molecular flexibility index (Phi) is 4.74. The van der Waals surface area contributed by atoms with Crippen LogP contribution >= 0.6 is 0 Å². The van der Waals surface area contributed by atoms with E-state index in [4.69, 9.17) is 4.74 Å². The first-order chi connectivity index (χ1) is 14.1. The first-order valence-electron chi connectivity index (χ1n) is 12.4. The fourth-order valence-electron chi connectivity index (χ4n) is 8.67. The summed E-state index contributed by atoms with van der Waals surface area (Å²) in [5.41, 5.74) is 1.69. The molecule has 0 bridgehead atoms. The number of aliphatic hydroxyl groups is 1. The van der Waals surface area contributed by atoms with E-state index in [1.165, 1.54) is 24.8 Å². The lowest BCUT2D eigenvalue weighted by Gasteiger charge is -2.57. The number of carbonyl (C=O) groups is 1. The Morgan fingerprint density at radius 1 is 1.23 bits per heavy atom. The minimum Gasteiger partial charge on any atom is -0.365 e. The van der Waals surface area contributed by atoms with Crippen molar-refractivity contribution in [3.8, 4) is 0 Å². The van der Waals surface area contributed by atoms with E-state index in [1.807, 2.05) is 12.2 Å². The number of carbonyl (C=O) groups excluding carboxylic acids is 1. The van der Waals surface area contributed by atoms with Crippen molar-refractivity contribution in [1.29, 1.82) is 0 Å². The minimum absolute atomic E-state index is 0.0559. The number of fused-ring (bicyclic) bond motifs is 7. The molecule has 9 atom stereocenters. The normalized spacial score (nSPS) is 52.0. The van der Waals surface area contributed by atoms with Gasteiger partial charge in [0, 0.05) is 17.8 Å². The maximum Gasteiger partial charge on any atom is 0.178 e. The third-order valence-corrected chi connectivity index (χ3v) is 10.3. The van der Waals surface area contributed by atoms with E-state index in [0.29, 0.717) is 29.6 Å². The number of rotatable bonds is 3. The van der Waals surface area contributed by atoms with Crippen molar-refractivity contribution in [3.05, 3.63) is 23.8 Å². The van der Waals surface area contributed by atoms with E-state index in [9.17, 15) is 9.90 Å². The van der Waals surface area contributed by atoms with E-state index >= 15 is 0 Å². The number of hydrogen-bond acceptors (Lipinski definition) is 3. The van der Waals surface area contributed by atoms with Crippen molar-refractivity contribution in [2.75, 3.05) is 0 Å². The zero-order chi connectivity index (χ0) is 21.5. The lowest BCUT2D eigenvalue weighted by Crippen LogP contribution is -2.51. The maximum atomic E-state index is 12.0. The van der Waals surface area contributed by atoms with E-state index < -0.39 is 5.79 Å². The van der Waals surface area contributed by atoms with Gasteiger partial charge >= 0.3 is 0 Å². The average molecular weight is 413 g/mol. The lowest BCUT2D eigenvalue weighted by atomic mass is 9.47. The van der Waals surface area contributed by atoms with Crippen molar-refractivity contribution in [2.24, 2.45) is 46.3 Å². The minimum atomic E-state index is -0.939. The van der Waals surface area contributed by atoms with Gasteiger partial charge in [-0.15, -0.1) is 0 Å². The van der Waals surface area contributed by atoms with Crippen LogP contribution in [0.15, 0.2) is 23.8 Å². The Balaban J connectivity index is 1.40. The van der Waals surface area contributed by atoms with Gasteiger partial charge < -0.3 is 9.84 Å². The second-order valence-corrected chi connectivity index (χ2v) is 12.1. The molecule has 3 heteroatoms. The maximum absolute atomic E-state index is 12.0. The van der Waals surface area contributed by atoms with Crippen LogP contribution in [0.2, 0.25) is 0 Å². The van der Waals surface area contributed by atoms with Crippen LogP contribution in [0.1, 0.15) is 79.6 Å². The standard InChI is InChI=1S/C27H40O3/c1-16(2)8-13-27(29)17(3)24-23(30-27)15-22-20-7-6-18-14-19(28)9-11-25(18,4)21(20)10-12-26(22,24)5/h9,11,14,16-17,20-24,29H,6-8,10,12-13,15H2,1-5H3/t17-,20+,21-,22-,23-,24-,25-,26-,27?/m0/s1. The molecule has 0 amide bonds. The molecule has 3 saturated carbocycles. The van der Waals surface area contributed by atoms with Crippen LogP contribution in [0.5, 0.6) is 0 Å². The largest absolute Gasteiger partial charge is 0.365 e. The third-order valence-electron chi connectivity index (χ3n) is 10.3. The number of ketones is 1. The Labute approximate surface area is 182 Å². The molecule has 3 nitrogen and oxygen atoms in total. The highest BCUT2D eigenvalue weighted by Crippen LogP contribution is 2.69. The highest BCUT2D eigenvalue weighted by atomic mass is 16.6. The van der Waals surface area contributed by atoms with Crippen molar-refractivity contribution >= 4 is 5.78 Å². The molecule has 1 heterocycles. The molecular formula is C27H40O3. The Bertz CT molecular complexity index is 796. The summed E-state index contributed by atoms with van der Waals surface area (Å²) in [6, 6.07) is 0. The van der Waals surface area contributed by atoms with Crippen LogP contribution in [0.4, 0.5) is 0 Å². The Morgan fingerprint density at radius 3 is 2.73 bits per heavy atom. The quantitative estimate of drug-likeness (QED) is 0.649. The summed E-state index contributed by atoms with van der Waals surface area (Å²) in [6.45, 7) is 11.6. The predicted octanol–water partition coefficient (Wildman–Crippen LogP) is 5.68. The summed E-state index contributed by atoms with van der Waals surface area (Å²) in [4.78, 5) is 12.0. The molecule has 5 rings (SSSR count). The van der Waals surface area contributed by atoms with Crippen molar-refractivity contribution < 1.29 is 14.6 Å². The molecule has 5 aliphatic rings. The molecule has 1 aliphatic heterocycles. The molecule has 0 aromatic heterocycles. The van der Waals surface area contributed by atoms with E-state index in [0.717, 1.165) is 25.7 Å². The van der Waals surface area contributed by atoms with Crippen LogP contribution in [0, 0.1) is 46.3 Å². The van der Waals surface area contributed by atoms with Gasteiger partial charge in [-0.2, -0.15) is 0 Å². The van der Waals surface area contributed by atoms with Gasteiger partial charge in [0.25, 0.3) is 0 Å². The zero-order valence-corrected chi connectivity index (χ0v) is 19.5. The predicted molar refractivity (Wildman–Crippen MR) is 119 cm³/mol. The van der Waals surface area contributed by atoms with Crippen molar-refractivity contribution in [2.45, 2.75) is 91.5 Å². The summed E-state index contributed by atoms with van der Waals surface area (Å²) in [6.07, 6.45) is 13.8. The molecule has 1 N–H and O–H groups in total. The summed E-state index contributed by atoms with van der Waals surface area (Å²) in [7, 11) is 0. The lowest BCUT2D eigenvalue weighted by molar-refractivity contribution is -0.220. The summed E-state index contributed by atoms with van der Waals surface area (Å²) < 4.78 is 6.50. The fourth-order valence-corrected chi connectivity index (χ4v) is 8.67. The van der Waals surface area contributed by atoms with Crippen LogP contribution in [0.3, 0.4) is 0 Å². The van der Waals surface area contributed by atoms with Crippen LogP contribution in [-0.4, -0.2) is 22.8 Å². The highest BCUT2D eigenvalue weighted by Gasteiger charge is 2.67. The molecular weight excluding hydrogens is 372 g/mol. The van der Waals surface area contributed by atoms with E-state index in [-0.39, 0.29) is 28.6 Å². The van der Waals surface area contributed by atoms with Crippen LogP contribution in [0.25, 0.3) is 0 Å². The monoisotopic (exact) mass is 412 g/mol. The van der Waals surface area contributed by atoms with Crippen molar-refractivity contribution in [1.82, 2.24) is 0 Å². The molecule has 4 fully saturated rings. The molecule has 0 aromatic rings. The summed E-state index contributed by atoms with van der Waals surface area (Å²) in [5, 5.41) is 11.4. The molecule has 0 aromatic carbocycles. The second-order valence-electron chi connectivity index (χ2n) is 12.1. The van der Waals surface area contributed by atoms with Gasteiger partial charge in [0.15, 0.2) is 11.6 Å². The molecule has 0 radical (unpaired) electrons. The van der Waals surface area contributed by atoms with E-state index in [1.54, 1.807) is 0 Å². The number of ether oxygens (including phenoxy) is 1. The van der Waals surface area contributed by atoms with Crippen LogP contribution < -0.4 is 0 Å². The second kappa shape index (κ2) is 6.78. The van der Waals surface area contributed by atoms with Gasteiger partial charge in [-0.05, 0) is 85.7 Å². The molecule has 0 spiro atoms. The topological polar surface area (TPSA) is 46.5 Å². The highest BCUT2D eigenvalue weighted by molar-refractivity contribution is 6.01. The summed E-state index contributed by atoms with van der Waals surface area (Å²) in [5.74, 6) is 2.49.